The van der Waals surface area contributed by atoms with Crippen LogP contribution in [0.5, 0.6) is 0 Å². The quantitative estimate of drug-likeness (QED) is 0.233. The van der Waals surface area contributed by atoms with E-state index in [4.69, 9.17) is 15.8 Å². The van der Waals surface area contributed by atoms with Crippen LogP contribution in [0.4, 0.5) is 0 Å². The van der Waals surface area contributed by atoms with Crippen LogP contribution in [-0.2, 0) is 15.0 Å². The van der Waals surface area contributed by atoms with Gasteiger partial charge in [0.15, 0.2) is 0 Å². The predicted octanol–water partition coefficient (Wildman–Crippen LogP) is -2.45. The number of fused-ring (bicyclic) bond motifs is 2. The first-order valence-corrected chi connectivity index (χ1v) is 10.6. The maximum atomic E-state index is 13.3. The highest BCUT2D eigenvalue weighted by Crippen LogP contribution is 2.48. The third kappa shape index (κ3) is 3.13. The molecule has 3 unspecified atom stereocenters. The zero-order valence-electron chi connectivity index (χ0n) is 14.9. The Morgan fingerprint density at radius 2 is 1.89 bits per heavy atom. The number of nitrogens with two attached hydrogens (primary N) is 1. The van der Waals surface area contributed by atoms with Gasteiger partial charge in [-0.25, -0.2) is 0 Å². The van der Waals surface area contributed by atoms with Crippen molar-refractivity contribution in [3.05, 3.63) is 12.2 Å². The van der Waals surface area contributed by atoms with E-state index in [2.05, 4.69) is 11.9 Å². The SMILES string of the molecule is C=C(CCB(O)O)[C@H]1CN(S(=O)(=O)N2C3CC3NC3C[C@H]32)C[C@@]1(N)C(=O)O. The molecule has 150 valence electrons. The normalized spacial score (nSPS) is 40.9. The van der Waals surface area contributed by atoms with Gasteiger partial charge >= 0.3 is 13.1 Å². The van der Waals surface area contributed by atoms with Gasteiger partial charge in [0, 0.05) is 43.2 Å². The Hall–Kier alpha value is -1.02. The van der Waals surface area contributed by atoms with Crippen LogP contribution in [0, 0.1) is 5.92 Å². The molecule has 0 aromatic rings. The first-order valence-electron chi connectivity index (χ1n) is 9.16. The molecule has 27 heavy (non-hydrogen) atoms. The van der Waals surface area contributed by atoms with E-state index in [0.717, 1.165) is 12.8 Å². The lowest BCUT2D eigenvalue weighted by atomic mass is 9.76. The third-order valence-electron chi connectivity index (χ3n) is 6.25. The summed E-state index contributed by atoms with van der Waals surface area (Å²) in [6.07, 6.45) is 1.70. The fourth-order valence-corrected chi connectivity index (χ4v) is 6.62. The highest BCUT2D eigenvalue weighted by atomic mass is 32.2. The van der Waals surface area contributed by atoms with Crippen molar-refractivity contribution < 1.29 is 28.4 Å². The van der Waals surface area contributed by atoms with Crippen LogP contribution in [0.2, 0.25) is 6.32 Å². The Balaban J connectivity index is 1.55. The Kier molecular flexibility index (Phi) is 4.46. The van der Waals surface area contributed by atoms with Crippen LogP contribution in [0.25, 0.3) is 0 Å². The number of aliphatic carboxylic acids is 1. The molecule has 0 radical (unpaired) electrons. The zero-order valence-corrected chi connectivity index (χ0v) is 15.7. The summed E-state index contributed by atoms with van der Waals surface area (Å²) in [6, 6.07) is 0.236. The summed E-state index contributed by atoms with van der Waals surface area (Å²) in [5.41, 5.74) is 4.77. The number of carbonyl (C=O) groups is 1. The number of nitrogens with zero attached hydrogens (tertiary/aromatic N) is 2. The molecule has 4 fully saturated rings. The summed E-state index contributed by atoms with van der Waals surface area (Å²) >= 11 is 0. The van der Waals surface area contributed by atoms with Crippen molar-refractivity contribution in [1.29, 1.82) is 0 Å². The molecule has 4 aliphatic rings. The lowest BCUT2D eigenvalue weighted by Crippen LogP contribution is -2.56. The van der Waals surface area contributed by atoms with E-state index in [0.29, 0.717) is 5.57 Å². The lowest BCUT2D eigenvalue weighted by molar-refractivity contribution is -0.143. The van der Waals surface area contributed by atoms with Gasteiger partial charge in [-0.2, -0.15) is 17.0 Å². The fourth-order valence-electron chi connectivity index (χ4n) is 4.49. The smallest absolute Gasteiger partial charge is 0.451 e. The molecule has 2 saturated carbocycles. The molecule has 0 aromatic heterocycles. The van der Waals surface area contributed by atoms with Crippen LogP contribution in [0.15, 0.2) is 12.2 Å². The summed E-state index contributed by atoms with van der Waals surface area (Å²) in [7, 11) is -5.38. The molecule has 10 nitrogen and oxygen atoms in total. The summed E-state index contributed by atoms with van der Waals surface area (Å²) < 4.78 is 29.3. The van der Waals surface area contributed by atoms with Gasteiger partial charge in [0.25, 0.3) is 10.2 Å². The Labute approximate surface area is 158 Å². The second-order valence-electron chi connectivity index (χ2n) is 8.19. The molecular weight excluding hydrogens is 375 g/mol. The maximum absolute atomic E-state index is 13.3. The molecule has 0 amide bonds. The molecule has 2 aliphatic carbocycles. The average Bonchev–Trinajstić information content (AvgIpc) is 3.47. The summed E-state index contributed by atoms with van der Waals surface area (Å²) in [4.78, 5) is 11.9. The van der Waals surface area contributed by atoms with Gasteiger partial charge in [0.2, 0.25) is 0 Å². The van der Waals surface area contributed by atoms with Gasteiger partial charge in [-0.3, -0.25) is 4.79 Å². The molecule has 0 bridgehead atoms. The standard InChI is InChI=1S/C15H25BN4O6S/c1-8(2-3-16(23)24)9-6-19(7-15(9,17)14(21)22)27(25,26)20-12-4-10(12)18-11-5-13(11)20/h9-13,18,23-24H,1-7,17H2,(H,21,22)/t9-,10?,11?,12-,13?,15+/m1/s1. The highest BCUT2D eigenvalue weighted by Gasteiger charge is 2.65. The van der Waals surface area contributed by atoms with Crippen LogP contribution in [0.3, 0.4) is 0 Å². The minimum absolute atomic E-state index is 0.0108. The largest absolute Gasteiger partial charge is 0.480 e. The molecule has 4 rings (SSSR count). The molecule has 6 atom stereocenters. The molecular formula is C15H25BN4O6S. The molecule has 0 aromatic carbocycles. The third-order valence-corrected chi connectivity index (χ3v) is 8.25. The van der Waals surface area contributed by atoms with Crippen molar-refractivity contribution in [2.45, 2.75) is 55.3 Å². The summed E-state index contributed by atoms with van der Waals surface area (Å²) in [5.74, 6) is -2.08. The molecule has 2 aliphatic heterocycles. The first-order chi connectivity index (χ1) is 12.6. The Bertz CT molecular complexity index is 762. The van der Waals surface area contributed by atoms with Crippen molar-refractivity contribution in [2.24, 2.45) is 11.7 Å². The van der Waals surface area contributed by atoms with Crippen molar-refractivity contribution >= 4 is 23.3 Å². The summed E-state index contributed by atoms with van der Waals surface area (Å²) in [6.45, 7) is 3.46. The van der Waals surface area contributed by atoms with Crippen LogP contribution in [0.1, 0.15) is 19.3 Å². The van der Waals surface area contributed by atoms with Crippen LogP contribution >= 0.6 is 0 Å². The van der Waals surface area contributed by atoms with E-state index in [1.165, 1.54) is 4.31 Å². The number of hydrogen-bond donors (Lipinski definition) is 5. The van der Waals surface area contributed by atoms with E-state index < -0.39 is 34.8 Å². The lowest BCUT2D eigenvalue weighted by Gasteiger charge is -2.30. The average molecular weight is 400 g/mol. The van der Waals surface area contributed by atoms with Crippen molar-refractivity contribution in [2.75, 3.05) is 13.1 Å². The minimum Gasteiger partial charge on any atom is -0.480 e. The Morgan fingerprint density at radius 3 is 2.41 bits per heavy atom. The number of rotatable bonds is 7. The van der Waals surface area contributed by atoms with Gasteiger partial charge in [-0.05, 0) is 25.6 Å². The highest BCUT2D eigenvalue weighted by molar-refractivity contribution is 7.86. The summed E-state index contributed by atoms with van der Waals surface area (Å²) in [5, 5.41) is 31.2. The van der Waals surface area contributed by atoms with Crippen molar-refractivity contribution in [3.63, 3.8) is 0 Å². The number of nitrogens with one attached hydrogen (secondary N) is 1. The number of carboxylic acid groups (broad SMARTS) is 1. The topological polar surface area (TPSA) is 156 Å². The van der Waals surface area contributed by atoms with E-state index in [-0.39, 0.29) is 50.0 Å². The zero-order chi connectivity index (χ0) is 19.7. The first kappa shape index (κ1) is 19.3. The van der Waals surface area contributed by atoms with Crippen molar-refractivity contribution in [1.82, 2.24) is 13.9 Å². The second kappa shape index (κ2) is 6.24. The van der Waals surface area contributed by atoms with Crippen LogP contribution in [-0.4, -0.2) is 88.1 Å². The van der Waals surface area contributed by atoms with E-state index in [1.807, 2.05) is 0 Å². The number of carboxylic acids is 1. The molecule has 12 heteroatoms. The molecule has 0 spiro atoms. The molecule has 2 heterocycles. The Morgan fingerprint density at radius 1 is 1.30 bits per heavy atom. The van der Waals surface area contributed by atoms with E-state index in [9.17, 15) is 18.3 Å². The van der Waals surface area contributed by atoms with Gasteiger partial charge in [-0.15, -0.1) is 0 Å². The van der Waals surface area contributed by atoms with Gasteiger partial charge in [0.1, 0.15) is 5.54 Å². The van der Waals surface area contributed by atoms with E-state index >= 15 is 0 Å². The molecule has 2 saturated heterocycles. The van der Waals surface area contributed by atoms with Gasteiger partial charge < -0.3 is 26.2 Å². The van der Waals surface area contributed by atoms with E-state index in [1.54, 1.807) is 4.31 Å². The van der Waals surface area contributed by atoms with Gasteiger partial charge in [0.05, 0.1) is 0 Å². The number of piperazine rings is 1. The van der Waals surface area contributed by atoms with Crippen molar-refractivity contribution in [3.8, 4) is 0 Å². The monoisotopic (exact) mass is 400 g/mol. The minimum atomic E-state index is -3.84. The van der Waals surface area contributed by atoms with Crippen LogP contribution < -0.4 is 11.1 Å². The second-order valence-corrected chi connectivity index (χ2v) is 10.0. The molecule has 6 N–H and O–H groups in total. The predicted molar refractivity (Wildman–Crippen MR) is 96.7 cm³/mol. The maximum Gasteiger partial charge on any atom is 0.451 e. The fraction of sp³-hybridized carbons (Fsp3) is 0.800. The van der Waals surface area contributed by atoms with Gasteiger partial charge in [-0.1, -0.05) is 12.2 Å². The number of hydrogen-bond acceptors (Lipinski definition) is 7.